The molecular weight excluding hydrogens is 260 g/mol. The predicted octanol–water partition coefficient (Wildman–Crippen LogP) is 2.93. The molecule has 0 aliphatic carbocycles. The first-order valence-electron chi connectivity index (χ1n) is 7.65. The summed E-state index contributed by atoms with van der Waals surface area (Å²) in [7, 11) is 0. The van der Waals surface area contributed by atoms with Gasteiger partial charge >= 0.3 is 0 Å². The van der Waals surface area contributed by atoms with Gasteiger partial charge in [-0.2, -0.15) is 0 Å². The Morgan fingerprint density at radius 1 is 1.19 bits per heavy atom. The first-order valence-corrected chi connectivity index (χ1v) is 7.65. The van der Waals surface area contributed by atoms with Crippen LogP contribution in [0.5, 0.6) is 0 Å². The second kappa shape index (κ2) is 5.86. The number of nitrogens with zero attached hydrogens (tertiary/aromatic N) is 1. The van der Waals surface area contributed by atoms with Gasteiger partial charge in [0.15, 0.2) is 0 Å². The molecule has 2 N–H and O–H groups in total. The van der Waals surface area contributed by atoms with Crippen molar-refractivity contribution in [2.24, 2.45) is 11.7 Å². The van der Waals surface area contributed by atoms with Crippen molar-refractivity contribution < 1.29 is 4.79 Å². The third-order valence-electron chi connectivity index (χ3n) is 4.67. The normalized spacial score (nSPS) is 23.3. The van der Waals surface area contributed by atoms with E-state index in [1.807, 2.05) is 0 Å². The Morgan fingerprint density at radius 2 is 1.95 bits per heavy atom. The summed E-state index contributed by atoms with van der Waals surface area (Å²) in [6.45, 7) is 3.90. The number of hydrogen-bond acceptors (Lipinski definition) is 2. The summed E-state index contributed by atoms with van der Waals surface area (Å²) < 4.78 is 0. The molecule has 0 saturated carbocycles. The first-order chi connectivity index (χ1) is 10.1. The fourth-order valence-electron chi connectivity index (χ4n) is 3.28. The molecule has 3 rings (SSSR count). The SMILES string of the molecule is CC1CCC(C(N)=O)CN1Cc1cccc2ccccc12. The molecule has 2 aromatic carbocycles. The van der Waals surface area contributed by atoms with Crippen LogP contribution in [0.25, 0.3) is 10.8 Å². The zero-order chi connectivity index (χ0) is 14.8. The van der Waals surface area contributed by atoms with Crippen LogP contribution >= 0.6 is 0 Å². The maximum Gasteiger partial charge on any atom is 0.221 e. The lowest BCUT2D eigenvalue weighted by atomic mass is 9.92. The molecule has 3 heteroatoms. The number of likely N-dealkylation sites (tertiary alicyclic amines) is 1. The number of hydrogen-bond donors (Lipinski definition) is 1. The van der Waals surface area contributed by atoms with Gasteiger partial charge in [0, 0.05) is 19.1 Å². The highest BCUT2D eigenvalue weighted by atomic mass is 16.1. The molecule has 1 amide bonds. The van der Waals surface area contributed by atoms with E-state index in [-0.39, 0.29) is 11.8 Å². The van der Waals surface area contributed by atoms with Crippen LogP contribution in [0.15, 0.2) is 42.5 Å². The van der Waals surface area contributed by atoms with E-state index in [2.05, 4.69) is 54.3 Å². The van der Waals surface area contributed by atoms with E-state index in [0.29, 0.717) is 6.04 Å². The Bertz CT molecular complexity index is 647. The second-order valence-electron chi connectivity index (χ2n) is 6.09. The Morgan fingerprint density at radius 3 is 2.76 bits per heavy atom. The van der Waals surface area contributed by atoms with E-state index in [9.17, 15) is 4.79 Å². The molecule has 0 spiro atoms. The van der Waals surface area contributed by atoms with Crippen molar-refractivity contribution in [1.29, 1.82) is 0 Å². The molecular formula is C18H22N2O. The van der Waals surface area contributed by atoms with Crippen LogP contribution in [0.1, 0.15) is 25.3 Å². The lowest BCUT2D eigenvalue weighted by Crippen LogP contribution is -2.45. The quantitative estimate of drug-likeness (QED) is 0.941. The third-order valence-corrected chi connectivity index (χ3v) is 4.67. The van der Waals surface area contributed by atoms with Gasteiger partial charge in [0.05, 0.1) is 5.92 Å². The molecule has 0 aromatic heterocycles. The number of rotatable bonds is 3. The molecule has 0 bridgehead atoms. The predicted molar refractivity (Wildman–Crippen MR) is 85.7 cm³/mol. The van der Waals surface area contributed by atoms with Gasteiger partial charge in [-0.15, -0.1) is 0 Å². The van der Waals surface area contributed by atoms with Crippen molar-refractivity contribution in [2.45, 2.75) is 32.4 Å². The summed E-state index contributed by atoms with van der Waals surface area (Å²) in [5.74, 6) is -0.166. The molecule has 1 saturated heterocycles. The van der Waals surface area contributed by atoms with Gasteiger partial charge in [0.25, 0.3) is 0 Å². The minimum absolute atomic E-state index is 0.00354. The zero-order valence-corrected chi connectivity index (χ0v) is 12.5. The Balaban J connectivity index is 1.85. The first kappa shape index (κ1) is 14.1. The fraction of sp³-hybridized carbons (Fsp3) is 0.389. The van der Waals surface area contributed by atoms with Crippen molar-refractivity contribution in [3.05, 3.63) is 48.0 Å². The monoisotopic (exact) mass is 282 g/mol. The second-order valence-corrected chi connectivity index (χ2v) is 6.09. The Labute approximate surface area is 125 Å². The highest BCUT2D eigenvalue weighted by molar-refractivity contribution is 5.85. The van der Waals surface area contributed by atoms with Crippen molar-refractivity contribution in [2.75, 3.05) is 6.54 Å². The maximum absolute atomic E-state index is 11.5. The summed E-state index contributed by atoms with van der Waals surface area (Å²) in [6, 6.07) is 15.4. The molecule has 2 unspecified atom stereocenters. The molecule has 2 atom stereocenters. The van der Waals surface area contributed by atoms with E-state index in [0.717, 1.165) is 25.9 Å². The minimum Gasteiger partial charge on any atom is -0.369 e. The molecule has 21 heavy (non-hydrogen) atoms. The summed E-state index contributed by atoms with van der Waals surface area (Å²) >= 11 is 0. The molecule has 110 valence electrons. The number of carbonyl (C=O) groups excluding carboxylic acids is 1. The van der Waals surface area contributed by atoms with Crippen molar-refractivity contribution >= 4 is 16.7 Å². The summed E-state index contributed by atoms with van der Waals surface area (Å²) in [5.41, 5.74) is 6.82. The molecule has 3 nitrogen and oxygen atoms in total. The van der Waals surface area contributed by atoms with Crippen molar-refractivity contribution in [3.63, 3.8) is 0 Å². The maximum atomic E-state index is 11.5. The van der Waals surface area contributed by atoms with Crippen LogP contribution in [0.4, 0.5) is 0 Å². The van der Waals surface area contributed by atoms with E-state index in [1.165, 1.54) is 16.3 Å². The van der Waals surface area contributed by atoms with E-state index < -0.39 is 0 Å². The third kappa shape index (κ3) is 2.93. The van der Waals surface area contributed by atoms with Gasteiger partial charge in [0.1, 0.15) is 0 Å². The van der Waals surface area contributed by atoms with E-state index >= 15 is 0 Å². The average molecular weight is 282 g/mol. The van der Waals surface area contributed by atoms with E-state index in [4.69, 9.17) is 5.73 Å². The van der Waals surface area contributed by atoms with Gasteiger partial charge in [-0.05, 0) is 36.1 Å². The molecule has 1 aliphatic rings. The summed E-state index contributed by atoms with van der Waals surface area (Å²) in [6.07, 6.45) is 1.96. The van der Waals surface area contributed by atoms with Gasteiger partial charge in [-0.3, -0.25) is 9.69 Å². The summed E-state index contributed by atoms with van der Waals surface area (Å²) in [5, 5.41) is 2.57. The number of nitrogens with two attached hydrogens (primary N) is 1. The van der Waals surface area contributed by atoms with Gasteiger partial charge in [0.2, 0.25) is 5.91 Å². The fourth-order valence-corrected chi connectivity index (χ4v) is 3.28. The molecule has 1 fully saturated rings. The van der Waals surface area contributed by atoms with Gasteiger partial charge in [-0.1, -0.05) is 42.5 Å². The number of amides is 1. The number of piperidine rings is 1. The highest BCUT2D eigenvalue weighted by Gasteiger charge is 2.28. The lowest BCUT2D eigenvalue weighted by Gasteiger charge is -2.37. The number of fused-ring (bicyclic) bond motifs is 1. The lowest BCUT2D eigenvalue weighted by molar-refractivity contribution is -0.124. The minimum atomic E-state index is -0.162. The van der Waals surface area contributed by atoms with Crippen molar-refractivity contribution in [1.82, 2.24) is 4.90 Å². The largest absolute Gasteiger partial charge is 0.369 e. The van der Waals surface area contributed by atoms with Crippen LogP contribution in [0, 0.1) is 5.92 Å². The summed E-state index contributed by atoms with van der Waals surface area (Å²) in [4.78, 5) is 13.9. The zero-order valence-electron chi connectivity index (χ0n) is 12.5. The average Bonchev–Trinajstić information content (AvgIpc) is 2.49. The molecule has 2 aromatic rings. The number of primary amides is 1. The molecule has 1 aliphatic heterocycles. The molecule has 1 heterocycles. The molecule has 0 radical (unpaired) electrons. The topological polar surface area (TPSA) is 46.3 Å². The Hall–Kier alpha value is -1.87. The van der Waals surface area contributed by atoms with Crippen LogP contribution < -0.4 is 5.73 Å². The van der Waals surface area contributed by atoms with Gasteiger partial charge < -0.3 is 5.73 Å². The van der Waals surface area contributed by atoms with Gasteiger partial charge in [-0.25, -0.2) is 0 Å². The highest BCUT2D eigenvalue weighted by Crippen LogP contribution is 2.26. The van der Waals surface area contributed by atoms with Crippen molar-refractivity contribution in [3.8, 4) is 0 Å². The van der Waals surface area contributed by atoms with E-state index in [1.54, 1.807) is 0 Å². The smallest absolute Gasteiger partial charge is 0.221 e. The van der Waals surface area contributed by atoms with Crippen LogP contribution in [0.2, 0.25) is 0 Å². The number of carbonyl (C=O) groups is 1. The van der Waals surface area contributed by atoms with Crippen LogP contribution in [0.3, 0.4) is 0 Å². The standard InChI is InChI=1S/C18H22N2O/c1-13-9-10-16(18(19)21)12-20(13)11-15-7-4-6-14-5-2-3-8-17(14)15/h2-8,13,16H,9-12H2,1H3,(H2,19,21). The van der Waals surface area contributed by atoms with Crippen LogP contribution in [-0.4, -0.2) is 23.4 Å². The Kier molecular flexibility index (Phi) is 3.93. The number of benzene rings is 2. The van der Waals surface area contributed by atoms with Crippen LogP contribution in [-0.2, 0) is 11.3 Å².